The third-order valence-electron chi connectivity index (χ3n) is 2.46. The van der Waals surface area contributed by atoms with Crippen LogP contribution in [0.2, 0.25) is 0 Å². The molecule has 1 rings (SSSR count). The maximum absolute atomic E-state index is 8.70. The number of hydrogen-bond acceptors (Lipinski definition) is 2. The van der Waals surface area contributed by atoms with Gasteiger partial charge in [-0.15, -0.1) is 0 Å². The molecule has 0 aliphatic heterocycles. The van der Waals surface area contributed by atoms with E-state index in [2.05, 4.69) is 0 Å². The fourth-order valence-corrected chi connectivity index (χ4v) is 1.73. The van der Waals surface area contributed by atoms with E-state index in [0.717, 1.165) is 19.3 Å². The van der Waals surface area contributed by atoms with E-state index in [4.69, 9.17) is 10.8 Å². The summed E-state index contributed by atoms with van der Waals surface area (Å²) in [7, 11) is 0. The van der Waals surface area contributed by atoms with E-state index in [1.807, 2.05) is 0 Å². The first kappa shape index (κ1) is 8.02. The molecule has 2 heteroatoms. The van der Waals surface area contributed by atoms with Gasteiger partial charge in [-0.3, -0.25) is 0 Å². The van der Waals surface area contributed by atoms with Gasteiger partial charge in [0.25, 0.3) is 0 Å². The number of aliphatic hydroxyl groups is 1. The Morgan fingerprint density at radius 1 is 1.20 bits per heavy atom. The monoisotopic (exact) mass is 143 g/mol. The first-order valence-corrected chi connectivity index (χ1v) is 4.17. The van der Waals surface area contributed by atoms with Crippen LogP contribution in [-0.4, -0.2) is 17.3 Å². The topological polar surface area (TPSA) is 46.2 Å². The molecule has 0 atom stereocenters. The first-order valence-electron chi connectivity index (χ1n) is 4.17. The Morgan fingerprint density at radius 3 is 2.30 bits per heavy atom. The summed E-state index contributed by atoms with van der Waals surface area (Å²) >= 11 is 0. The van der Waals surface area contributed by atoms with Crippen molar-refractivity contribution in [1.82, 2.24) is 0 Å². The molecule has 10 heavy (non-hydrogen) atoms. The van der Waals surface area contributed by atoms with E-state index in [1.165, 1.54) is 19.3 Å². The molecule has 1 saturated carbocycles. The molecule has 0 unspecified atom stereocenters. The van der Waals surface area contributed by atoms with Crippen LogP contribution in [0.1, 0.15) is 38.5 Å². The minimum absolute atomic E-state index is 0.0208. The lowest BCUT2D eigenvalue weighted by Crippen LogP contribution is -2.42. The highest BCUT2D eigenvalue weighted by molar-refractivity contribution is 4.86. The van der Waals surface area contributed by atoms with Crippen molar-refractivity contribution in [3.8, 4) is 0 Å². The zero-order valence-electron chi connectivity index (χ0n) is 6.47. The summed E-state index contributed by atoms with van der Waals surface area (Å²) in [5.41, 5.74) is 5.99. The number of hydrogen-bond donors (Lipinski definition) is 2. The summed E-state index contributed by atoms with van der Waals surface area (Å²) in [4.78, 5) is 0. The molecule has 0 aromatic carbocycles. The molecule has 60 valence electrons. The number of rotatable bonds is 2. The van der Waals surface area contributed by atoms with Gasteiger partial charge >= 0.3 is 0 Å². The minimum atomic E-state index is -0.0208. The Morgan fingerprint density at radius 2 is 1.80 bits per heavy atom. The zero-order chi connectivity index (χ0) is 7.45. The number of nitrogens with two attached hydrogens (primary N) is 1. The lowest BCUT2D eigenvalue weighted by molar-refractivity contribution is 0.201. The van der Waals surface area contributed by atoms with Crippen LogP contribution in [0.15, 0.2) is 0 Å². The standard InChI is InChI=1S/C8H17NO/c9-8(6-7-10)4-2-1-3-5-8/h10H,1-7,9H2. The van der Waals surface area contributed by atoms with E-state index in [9.17, 15) is 0 Å². The first-order chi connectivity index (χ1) is 4.77. The van der Waals surface area contributed by atoms with Crippen LogP contribution < -0.4 is 5.73 Å². The van der Waals surface area contributed by atoms with Crippen LogP contribution in [0.4, 0.5) is 0 Å². The summed E-state index contributed by atoms with van der Waals surface area (Å²) < 4.78 is 0. The van der Waals surface area contributed by atoms with E-state index in [-0.39, 0.29) is 12.1 Å². The van der Waals surface area contributed by atoms with Crippen LogP contribution in [0.25, 0.3) is 0 Å². The van der Waals surface area contributed by atoms with Crippen LogP contribution >= 0.6 is 0 Å². The molecule has 0 saturated heterocycles. The lowest BCUT2D eigenvalue weighted by Gasteiger charge is -2.32. The van der Waals surface area contributed by atoms with Crippen molar-refractivity contribution >= 4 is 0 Å². The maximum Gasteiger partial charge on any atom is 0.0448 e. The van der Waals surface area contributed by atoms with Crippen LogP contribution in [0.5, 0.6) is 0 Å². The van der Waals surface area contributed by atoms with Crippen molar-refractivity contribution in [2.24, 2.45) is 5.73 Å². The molecule has 3 N–H and O–H groups in total. The quantitative estimate of drug-likeness (QED) is 0.606. The molecule has 0 bridgehead atoms. The SMILES string of the molecule is NC1(CCO)CCCCC1. The third-order valence-corrected chi connectivity index (χ3v) is 2.46. The Hall–Kier alpha value is -0.0800. The summed E-state index contributed by atoms with van der Waals surface area (Å²) in [6, 6.07) is 0. The maximum atomic E-state index is 8.70. The molecule has 1 aliphatic rings. The molecule has 0 heterocycles. The zero-order valence-corrected chi connectivity index (χ0v) is 6.47. The van der Waals surface area contributed by atoms with Crippen molar-refractivity contribution < 1.29 is 5.11 Å². The molecule has 1 fully saturated rings. The molecular weight excluding hydrogens is 126 g/mol. The molecule has 0 spiro atoms. The van der Waals surface area contributed by atoms with Crippen LogP contribution in [0.3, 0.4) is 0 Å². The Balaban J connectivity index is 2.32. The van der Waals surface area contributed by atoms with Crippen molar-refractivity contribution in [2.45, 2.75) is 44.1 Å². The molecule has 1 aliphatic carbocycles. The van der Waals surface area contributed by atoms with Crippen molar-refractivity contribution in [2.75, 3.05) is 6.61 Å². The smallest absolute Gasteiger partial charge is 0.0448 e. The minimum Gasteiger partial charge on any atom is -0.396 e. The van der Waals surface area contributed by atoms with Gasteiger partial charge in [0.2, 0.25) is 0 Å². The second kappa shape index (κ2) is 3.35. The van der Waals surface area contributed by atoms with Gasteiger partial charge in [0.1, 0.15) is 0 Å². The van der Waals surface area contributed by atoms with Crippen LogP contribution in [0, 0.1) is 0 Å². The Bertz CT molecular complexity index is 91.9. The highest BCUT2D eigenvalue weighted by Crippen LogP contribution is 2.27. The summed E-state index contributed by atoms with van der Waals surface area (Å²) in [5, 5.41) is 8.70. The number of aliphatic hydroxyl groups excluding tert-OH is 1. The Labute approximate surface area is 62.4 Å². The van der Waals surface area contributed by atoms with E-state index in [0.29, 0.717) is 0 Å². The average Bonchev–Trinajstić information content (AvgIpc) is 1.89. The average molecular weight is 143 g/mol. The predicted octanol–water partition coefficient (Wildman–Crippen LogP) is 1.03. The van der Waals surface area contributed by atoms with Gasteiger partial charge < -0.3 is 10.8 Å². The molecule has 2 nitrogen and oxygen atoms in total. The molecule has 0 aromatic rings. The second-order valence-corrected chi connectivity index (χ2v) is 3.40. The molecule has 0 aromatic heterocycles. The van der Waals surface area contributed by atoms with Crippen molar-refractivity contribution in [3.05, 3.63) is 0 Å². The fraction of sp³-hybridized carbons (Fsp3) is 1.00. The third kappa shape index (κ3) is 1.96. The normalized spacial score (nSPS) is 24.6. The Kier molecular flexibility index (Phi) is 2.69. The molecule has 0 radical (unpaired) electrons. The van der Waals surface area contributed by atoms with Gasteiger partial charge in [-0.25, -0.2) is 0 Å². The van der Waals surface area contributed by atoms with Crippen molar-refractivity contribution in [3.63, 3.8) is 0 Å². The van der Waals surface area contributed by atoms with E-state index >= 15 is 0 Å². The summed E-state index contributed by atoms with van der Waals surface area (Å²) in [6.45, 7) is 0.247. The van der Waals surface area contributed by atoms with Crippen LogP contribution in [-0.2, 0) is 0 Å². The van der Waals surface area contributed by atoms with Gasteiger partial charge in [0.15, 0.2) is 0 Å². The lowest BCUT2D eigenvalue weighted by atomic mass is 9.80. The second-order valence-electron chi connectivity index (χ2n) is 3.40. The van der Waals surface area contributed by atoms with Gasteiger partial charge in [-0.2, -0.15) is 0 Å². The highest BCUT2D eigenvalue weighted by Gasteiger charge is 2.25. The highest BCUT2D eigenvalue weighted by atomic mass is 16.3. The fourth-order valence-electron chi connectivity index (χ4n) is 1.73. The van der Waals surface area contributed by atoms with Gasteiger partial charge in [0, 0.05) is 12.1 Å². The van der Waals surface area contributed by atoms with Gasteiger partial charge in [0.05, 0.1) is 0 Å². The molecular formula is C8H17NO. The van der Waals surface area contributed by atoms with Gasteiger partial charge in [-0.05, 0) is 19.3 Å². The van der Waals surface area contributed by atoms with E-state index in [1.54, 1.807) is 0 Å². The molecule has 0 amide bonds. The van der Waals surface area contributed by atoms with Crippen molar-refractivity contribution in [1.29, 1.82) is 0 Å². The predicted molar refractivity (Wildman–Crippen MR) is 41.7 cm³/mol. The van der Waals surface area contributed by atoms with Gasteiger partial charge in [-0.1, -0.05) is 19.3 Å². The summed E-state index contributed by atoms with van der Waals surface area (Å²) in [6.07, 6.45) is 6.81. The summed E-state index contributed by atoms with van der Waals surface area (Å²) in [5.74, 6) is 0. The largest absolute Gasteiger partial charge is 0.396 e. The van der Waals surface area contributed by atoms with E-state index < -0.39 is 0 Å².